The Hall–Kier alpha value is -3.76. The lowest BCUT2D eigenvalue weighted by molar-refractivity contribution is -0.137. The van der Waals surface area contributed by atoms with Crippen molar-refractivity contribution in [2.24, 2.45) is 5.92 Å². The summed E-state index contributed by atoms with van der Waals surface area (Å²) in [5.74, 6) is -1.57. The molecule has 0 aliphatic carbocycles. The Labute approximate surface area is 185 Å². The van der Waals surface area contributed by atoms with Crippen LogP contribution in [-0.2, 0) is 12.7 Å². The molecule has 0 aliphatic rings. The van der Waals surface area contributed by atoms with E-state index in [2.05, 4.69) is 10.4 Å². The number of aromatic nitrogens is 3. The van der Waals surface area contributed by atoms with Crippen LogP contribution >= 0.6 is 0 Å². The fourth-order valence-electron chi connectivity index (χ4n) is 2.96. The van der Waals surface area contributed by atoms with Crippen LogP contribution in [0.5, 0.6) is 0 Å². The largest absolute Gasteiger partial charge is 0.416 e. The van der Waals surface area contributed by atoms with Gasteiger partial charge in [-0.2, -0.15) is 23.0 Å². The SMILES string of the molecule is CC(C)CNC(=O)c1nn(-c2cccc(C(F)(F)F)c2)c(=O)n(Cc2ccccc2F)c1=O. The number of nitrogens with zero attached hydrogens (tertiary/aromatic N) is 3. The van der Waals surface area contributed by atoms with E-state index in [1.165, 1.54) is 24.3 Å². The lowest BCUT2D eigenvalue weighted by Crippen LogP contribution is -2.46. The Balaban J connectivity index is 2.22. The van der Waals surface area contributed by atoms with Gasteiger partial charge in [0.25, 0.3) is 11.5 Å². The van der Waals surface area contributed by atoms with E-state index in [-0.39, 0.29) is 23.7 Å². The van der Waals surface area contributed by atoms with Crippen molar-refractivity contribution in [3.8, 4) is 5.69 Å². The molecule has 0 radical (unpaired) electrons. The molecule has 3 rings (SSSR count). The highest BCUT2D eigenvalue weighted by molar-refractivity contribution is 5.91. The maximum absolute atomic E-state index is 14.2. The molecule has 7 nitrogen and oxygen atoms in total. The van der Waals surface area contributed by atoms with Gasteiger partial charge in [0.2, 0.25) is 5.69 Å². The molecular weight excluding hydrogens is 444 g/mol. The molecular formula is C22H20F4N4O3. The molecule has 1 amide bonds. The summed E-state index contributed by atoms with van der Waals surface area (Å²) in [5, 5.41) is 6.26. The molecule has 1 N–H and O–H groups in total. The van der Waals surface area contributed by atoms with Crippen molar-refractivity contribution in [1.29, 1.82) is 0 Å². The van der Waals surface area contributed by atoms with Crippen LogP contribution in [0.2, 0.25) is 0 Å². The first-order valence-electron chi connectivity index (χ1n) is 9.92. The van der Waals surface area contributed by atoms with E-state index in [1.807, 2.05) is 13.8 Å². The number of carbonyl (C=O) groups is 1. The monoisotopic (exact) mass is 464 g/mol. The molecule has 0 atom stereocenters. The highest BCUT2D eigenvalue weighted by Crippen LogP contribution is 2.29. The van der Waals surface area contributed by atoms with Crippen molar-refractivity contribution in [3.63, 3.8) is 0 Å². The van der Waals surface area contributed by atoms with E-state index in [1.54, 1.807) is 0 Å². The van der Waals surface area contributed by atoms with Gasteiger partial charge in [-0.15, -0.1) is 0 Å². The average Bonchev–Trinajstić information content (AvgIpc) is 2.76. The van der Waals surface area contributed by atoms with Gasteiger partial charge in [0.15, 0.2) is 0 Å². The Bertz CT molecular complexity index is 1300. The Morgan fingerprint density at radius 2 is 1.79 bits per heavy atom. The number of benzene rings is 2. The normalized spacial score (nSPS) is 11.6. The maximum atomic E-state index is 14.2. The summed E-state index contributed by atoms with van der Waals surface area (Å²) >= 11 is 0. The topological polar surface area (TPSA) is 86.0 Å². The van der Waals surface area contributed by atoms with Crippen LogP contribution in [0.3, 0.4) is 0 Å². The Morgan fingerprint density at radius 1 is 1.09 bits per heavy atom. The van der Waals surface area contributed by atoms with E-state index in [9.17, 15) is 31.9 Å². The summed E-state index contributed by atoms with van der Waals surface area (Å²) in [6.45, 7) is 3.27. The van der Waals surface area contributed by atoms with E-state index in [0.29, 0.717) is 15.3 Å². The molecule has 33 heavy (non-hydrogen) atoms. The first kappa shape index (κ1) is 23.9. The first-order valence-corrected chi connectivity index (χ1v) is 9.92. The molecule has 2 aromatic carbocycles. The zero-order valence-corrected chi connectivity index (χ0v) is 17.7. The number of carbonyl (C=O) groups excluding carboxylic acids is 1. The quantitative estimate of drug-likeness (QED) is 0.569. The van der Waals surface area contributed by atoms with Crippen molar-refractivity contribution in [2.45, 2.75) is 26.6 Å². The van der Waals surface area contributed by atoms with E-state index >= 15 is 0 Å². The van der Waals surface area contributed by atoms with Gasteiger partial charge < -0.3 is 5.32 Å². The smallest absolute Gasteiger partial charge is 0.350 e. The molecule has 0 aliphatic heterocycles. The van der Waals surface area contributed by atoms with Crippen LogP contribution in [0.25, 0.3) is 5.69 Å². The summed E-state index contributed by atoms with van der Waals surface area (Å²) in [7, 11) is 0. The van der Waals surface area contributed by atoms with Crippen LogP contribution < -0.4 is 16.6 Å². The predicted molar refractivity (Wildman–Crippen MR) is 112 cm³/mol. The molecule has 0 saturated carbocycles. The van der Waals surface area contributed by atoms with Gasteiger partial charge in [0, 0.05) is 12.1 Å². The summed E-state index contributed by atoms with van der Waals surface area (Å²) in [6.07, 6.45) is -4.70. The van der Waals surface area contributed by atoms with Crippen molar-refractivity contribution >= 4 is 5.91 Å². The van der Waals surface area contributed by atoms with Gasteiger partial charge in [-0.1, -0.05) is 38.1 Å². The third-order valence-corrected chi connectivity index (χ3v) is 4.65. The van der Waals surface area contributed by atoms with Crippen molar-refractivity contribution in [2.75, 3.05) is 6.54 Å². The lowest BCUT2D eigenvalue weighted by Gasteiger charge is -2.14. The first-order chi connectivity index (χ1) is 15.5. The summed E-state index contributed by atoms with van der Waals surface area (Å²) in [4.78, 5) is 38.6. The van der Waals surface area contributed by atoms with Crippen LogP contribution in [-0.4, -0.2) is 26.8 Å². The zero-order chi connectivity index (χ0) is 24.3. The van der Waals surface area contributed by atoms with Crippen molar-refractivity contribution in [3.05, 3.63) is 92.0 Å². The van der Waals surface area contributed by atoms with Crippen LogP contribution in [0.15, 0.2) is 58.1 Å². The average molecular weight is 464 g/mol. The van der Waals surface area contributed by atoms with Gasteiger partial charge in [-0.05, 0) is 30.2 Å². The number of hydrogen-bond donors (Lipinski definition) is 1. The van der Waals surface area contributed by atoms with Gasteiger partial charge >= 0.3 is 11.9 Å². The minimum Gasteiger partial charge on any atom is -0.350 e. The standard InChI is InChI=1S/C22H20F4N4O3/c1-13(2)11-27-19(31)18-20(32)29(12-14-6-3-4-9-17(14)23)21(33)30(28-18)16-8-5-7-15(10-16)22(24,25)26/h3-10,13H,11-12H2,1-2H3,(H,27,31). The van der Waals surface area contributed by atoms with Crippen molar-refractivity contribution < 1.29 is 22.4 Å². The third-order valence-electron chi connectivity index (χ3n) is 4.65. The Morgan fingerprint density at radius 3 is 2.42 bits per heavy atom. The Kier molecular flexibility index (Phi) is 6.80. The highest BCUT2D eigenvalue weighted by Gasteiger charge is 2.31. The molecule has 0 spiro atoms. The number of hydrogen-bond acceptors (Lipinski definition) is 4. The second-order valence-corrected chi connectivity index (χ2v) is 7.68. The molecule has 0 fully saturated rings. The van der Waals surface area contributed by atoms with E-state index in [0.717, 1.165) is 18.2 Å². The summed E-state index contributed by atoms with van der Waals surface area (Å²) in [5.41, 5.74) is -4.30. The lowest BCUT2D eigenvalue weighted by atomic mass is 10.2. The number of halogens is 4. The summed E-state index contributed by atoms with van der Waals surface area (Å²) < 4.78 is 54.8. The number of alkyl halides is 3. The minimum absolute atomic E-state index is 0.0213. The van der Waals surface area contributed by atoms with Crippen LogP contribution in [0.1, 0.15) is 35.5 Å². The number of nitrogens with one attached hydrogen (secondary N) is 1. The molecule has 1 aromatic heterocycles. The zero-order valence-electron chi connectivity index (χ0n) is 17.7. The predicted octanol–water partition coefficient (Wildman–Crippen LogP) is 2.99. The van der Waals surface area contributed by atoms with Gasteiger partial charge in [-0.3, -0.25) is 14.2 Å². The molecule has 0 saturated heterocycles. The molecule has 1 heterocycles. The van der Waals surface area contributed by atoms with Gasteiger partial charge in [0.05, 0.1) is 17.8 Å². The summed E-state index contributed by atoms with van der Waals surface area (Å²) in [6, 6.07) is 9.10. The van der Waals surface area contributed by atoms with E-state index < -0.39 is 47.0 Å². The van der Waals surface area contributed by atoms with Gasteiger partial charge in [0.1, 0.15) is 5.82 Å². The van der Waals surface area contributed by atoms with E-state index in [4.69, 9.17) is 0 Å². The van der Waals surface area contributed by atoms with Crippen LogP contribution in [0.4, 0.5) is 17.6 Å². The van der Waals surface area contributed by atoms with Crippen LogP contribution in [0, 0.1) is 11.7 Å². The molecule has 3 aromatic rings. The highest BCUT2D eigenvalue weighted by atomic mass is 19.4. The third kappa shape index (κ3) is 5.36. The molecule has 0 bridgehead atoms. The molecule has 11 heteroatoms. The van der Waals surface area contributed by atoms with Crippen molar-refractivity contribution in [1.82, 2.24) is 19.7 Å². The second kappa shape index (κ2) is 9.39. The molecule has 0 unspecified atom stereocenters. The second-order valence-electron chi connectivity index (χ2n) is 7.68. The fraction of sp³-hybridized carbons (Fsp3) is 0.273. The molecule has 174 valence electrons. The number of rotatable bonds is 6. The number of amides is 1. The fourth-order valence-corrected chi connectivity index (χ4v) is 2.96. The maximum Gasteiger partial charge on any atom is 0.416 e. The minimum atomic E-state index is -4.70. The van der Waals surface area contributed by atoms with Gasteiger partial charge in [-0.25, -0.2) is 9.18 Å².